The Morgan fingerprint density at radius 2 is 2.08 bits per heavy atom. The van der Waals surface area contributed by atoms with E-state index in [4.69, 9.17) is 21.1 Å². The molecular weight excluding hydrogens is 360 g/mol. The number of hydrogen-bond acceptors (Lipinski definition) is 6. The number of nitrogens with one attached hydrogen (secondary N) is 2. The molecule has 7 heteroatoms. The molecule has 2 rings (SSSR count). The second-order valence-electron chi connectivity index (χ2n) is 5.71. The lowest BCUT2D eigenvalue weighted by atomic mass is 10.2. The number of halogens is 1. The van der Waals surface area contributed by atoms with E-state index in [-0.39, 0.29) is 6.10 Å². The van der Waals surface area contributed by atoms with Gasteiger partial charge in [0, 0.05) is 31.1 Å². The zero-order chi connectivity index (χ0) is 18.1. The number of hydrogen-bond donors (Lipinski definition) is 3. The monoisotopic (exact) mass is 384 g/mol. The van der Waals surface area contributed by atoms with Gasteiger partial charge in [0.2, 0.25) is 0 Å². The molecule has 0 unspecified atom stereocenters. The third-order valence-corrected chi connectivity index (χ3v) is 4.61. The van der Waals surface area contributed by atoms with Gasteiger partial charge in [-0.2, -0.15) is 0 Å². The van der Waals surface area contributed by atoms with E-state index in [9.17, 15) is 5.11 Å². The zero-order valence-corrected chi connectivity index (χ0v) is 16.1. The Morgan fingerprint density at radius 3 is 2.76 bits per heavy atom. The Bertz CT molecular complexity index is 636. The summed E-state index contributed by atoms with van der Waals surface area (Å²) in [5, 5.41) is 18.2. The molecule has 0 radical (unpaired) electrons. The number of rotatable bonds is 11. The molecule has 0 aliphatic rings. The van der Waals surface area contributed by atoms with E-state index >= 15 is 0 Å². The highest BCUT2D eigenvalue weighted by atomic mass is 35.5. The molecule has 138 valence electrons. The van der Waals surface area contributed by atoms with Gasteiger partial charge in [0.25, 0.3) is 0 Å². The van der Waals surface area contributed by atoms with Gasteiger partial charge in [-0.3, -0.25) is 0 Å². The first-order valence-corrected chi connectivity index (χ1v) is 9.47. The SMILES string of the molecule is COc1cc(CNCCNC[C@H](C)O)cc(Cl)c1OCc1cccs1. The summed E-state index contributed by atoms with van der Waals surface area (Å²) in [5.74, 6) is 1.20. The maximum Gasteiger partial charge on any atom is 0.180 e. The summed E-state index contributed by atoms with van der Waals surface area (Å²) in [6.07, 6.45) is -0.329. The van der Waals surface area contributed by atoms with Crippen LogP contribution in [0.2, 0.25) is 5.02 Å². The van der Waals surface area contributed by atoms with E-state index in [0.29, 0.717) is 36.2 Å². The van der Waals surface area contributed by atoms with Crippen LogP contribution in [0.4, 0.5) is 0 Å². The number of benzene rings is 1. The van der Waals surface area contributed by atoms with Crippen molar-refractivity contribution in [1.82, 2.24) is 10.6 Å². The Labute approximate surface area is 157 Å². The smallest absolute Gasteiger partial charge is 0.180 e. The molecule has 1 atom stereocenters. The Morgan fingerprint density at radius 1 is 1.28 bits per heavy atom. The summed E-state index contributed by atoms with van der Waals surface area (Å²) < 4.78 is 11.3. The van der Waals surface area contributed by atoms with Crippen LogP contribution in [-0.2, 0) is 13.2 Å². The summed E-state index contributed by atoms with van der Waals surface area (Å²) in [5.41, 5.74) is 1.03. The average Bonchev–Trinajstić information content (AvgIpc) is 3.09. The highest BCUT2D eigenvalue weighted by Crippen LogP contribution is 2.37. The molecule has 0 aliphatic heterocycles. The van der Waals surface area contributed by atoms with Crippen LogP contribution in [0.3, 0.4) is 0 Å². The van der Waals surface area contributed by atoms with Crippen LogP contribution in [0, 0.1) is 0 Å². The Hall–Kier alpha value is -1.31. The van der Waals surface area contributed by atoms with Crippen molar-refractivity contribution in [3.05, 3.63) is 45.1 Å². The van der Waals surface area contributed by atoms with Gasteiger partial charge in [0.1, 0.15) is 6.61 Å². The van der Waals surface area contributed by atoms with Crippen molar-refractivity contribution >= 4 is 22.9 Å². The highest BCUT2D eigenvalue weighted by molar-refractivity contribution is 7.09. The summed E-state index contributed by atoms with van der Waals surface area (Å²) >= 11 is 8.02. The molecule has 0 spiro atoms. The van der Waals surface area contributed by atoms with E-state index in [1.807, 2.05) is 29.6 Å². The topological polar surface area (TPSA) is 62.8 Å². The van der Waals surface area contributed by atoms with Crippen LogP contribution in [0.5, 0.6) is 11.5 Å². The van der Waals surface area contributed by atoms with Crippen LogP contribution in [-0.4, -0.2) is 38.0 Å². The fourth-order valence-corrected chi connectivity index (χ4v) is 3.18. The maximum atomic E-state index is 9.18. The maximum absolute atomic E-state index is 9.18. The van der Waals surface area contributed by atoms with Gasteiger partial charge in [0.05, 0.1) is 18.2 Å². The number of methoxy groups -OCH3 is 1. The lowest BCUT2D eigenvalue weighted by Crippen LogP contribution is -2.31. The van der Waals surface area contributed by atoms with Gasteiger partial charge in [-0.1, -0.05) is 17.7 Å². The molecular formula is C18H25ClN2O3S. The third-order valence-electron chi connectivity index (χ3n) is 3.48. The molecule has 0 saturated heterocycles. The Kier molecular flexibility index (Phi) is 8.51. The van der Waals surface area contributed by atoms with Gasteiger partial charge in [-0.15, -0.1) is 11.3 Å². The lowest BCUT2D eigenvalue weighted by molar-refractivity contribution is 0.191. The van der Waals surface area contributed by atoms with E-state index in [1.54, 1.807) is 25.4 Å². The second kappa shape index (κ2) is 10.6. The highest BCUT2D eigenvalue weighted by Gasteiger charge is 2.12. The van der Waals surface area contributed by atoms with Crippen molar-refractivity contribution in [1.29, 1.82) is 0 Å². The fraction of sp³-hybridized carbons (Fsp3) is 0.444. The molecule has 0 amide bonds. The van der Waals surface area contributed by atoms with E-state index in [2.05, 4.69) is 10.6 Å². The first kappa shape index (κ1) is 20.0. The molecule has 0 fully saturated rings. The molecule has 0 saturated carbocycles. The van der Waals surface area contributed by atoms with Crippen molar-refractivity contribution in [3.8, 4) is 11.5 Å². The molecule has 5 nitrogen and oxygen atoms in total. The number of aliphatic hydroxyl groups excluding tert-OH is 1. The zero-order valence-electron chi connectivity index (χ0n) is 14.5. The van der Waals surface area contributed by atoms with Crippen molar-refractivity contribution in [2.45, 2.75) is 26.2 Å². The van der Waals surface area contributed by atoms with Crippen molar-refractivity contribution in [2.75, 3.05) is 26.7 Å². The largest absolute Gasteiger partial charge is 0.493 e. The third kappa shape index (κ3) is 6.84. The molecule has 2 aromatic rings. The minimum absolute atomic E-state index is 0.329. The molecule has 1 aromatic heterocycles. The molecule has 1 heterocycles. The van der Waals surface area contributed by atoms with Gasteiger partial charge < -0.3 is 25.2 Å². The van der Waals surface area contributed by atoms with Crippen LogP contribution >= 0.6 is 22.9 Å². The van der Waals surface area contributed by atoms with Gasteiger partial charge >= 0.3 is 0 Å². The first-order valence-electron chi connectivity index (χ1n) is 8.21. The average molecular weight is 385 g/mol. The molecule has 1 aromatic carbocycles. The summed E-state index contributed by atoms with van der Waals surface area (Å²) in [4.78, 5) is 1.13. The second-order valence-corrected chi connectivity index (χ2v) is 7.15. The predicted octanol–water partition coefficient (Wildman–Crippen LogP) is 3.05. The summed E-state index contributed by atoms with van der Waals surface area (Å²) in [6.45, 7) is 5.09. The van der Waals surface area contributed by atoms with Gasteiger partial charge in [-0.25, -0.2) is 0 Å². The van der Waals surface area contributed by atoms with Gasteiger partial charge in [-0.05, 0) is 36.1 Å². The lowest BCUT2D eigenvalue weighted by Gasteiger charge is -2.14. The predicted molar refractivity (Wildman–Crippen MR) is 103 cm³/mol. The summed E-state index contributed by atoms with van der Waals surface area (Å²) in [6, 6.07) is 7.85. The van der Waals surface area contributed by atoms with Crippen molar-refractivity contribution in [2.24, 2.45) is 0 Å². The molecule has 25 heavy (non-hydrogen) atoms. The van der Waals surface area contributed by atoms with Crippen molar-refractivity contribution in [3.63, 3.8) is 0 Å². The number of aliphatic hydroxyl groups is 1. The minimum atomic E-state index is -0.329. The van der Waals surface area contributed by atoms with Crippen LogP contribution in [0.1, 0.15) is 17.4 Å². The van der Waals surface area contributed by atoms with Crippen LogP contribution in [0.25, 0.3) is 0 Å². The molecule has 3 N–H and O–H groups in total. The fourth-order valence-electron chi connectivity index (χ4n) is 2.27. The number of ether oxygens (including phenoxy) is 2. The van der Waals surface area contributed by atoms with Crippen LogP contribution in [0.15, 0.2) is 29.6 Å². The quantitative estimate of drug-likeness (QED) is 0.520. The molecule has 0 bridgehead atoms. The normalized spacial score (nSPS) is 12.2. The first-order chi connectivity index (χ1) is 12.1. The minimum Gasteiger partial charge on any atom is -0.493 e. The van der Waals surface area contributed by atoms with E-state index < -0.39 is 0 Å². The number of thiophene rings is 1. The van der Waals surface area contributed by atoms with Crippen molar-refractivity contribution < 1.29 is 14.6 Å². The molecule has 0 aliphatic carbocycles. The van der Waals surface area contributed by atoms with E-state index in [1.165, 1.54) is 0 Å². The Balaban J connectivity index is 1.87. The van der Waals surface area contributed by atoms with Crippen LogP contribution < -0.4 is 20.1 Å². The van der Waals surface area contributed by atoms with E-state index in [0.717, 1.165) is 23.5 Å². The summed E-state index contributed by atoms with van der Waals surface area (Å²) in [7, 11) is 1.61. The van der Waals surface area contributed by atoms with Gasteiger partial charge in [0.15, 0.2) is 11.5 Å². The standard InChI is InChI=1S/C18H25ClN2O3S/c1-13(22)10-20-5-6-21-11-14-8-16(19)18(17(9-14)23-2)24-12-15-4-3-7-25-15/h3-4,7-9,13,20-22H,5-6,10-12H2,1-2H3/t13-/m0/s1.